The van der Waals surface area contributed by atoms with Crippen molar-refractivity contribution >= 4 is 27.6 Å². The van der Waals surface area contributed by atoms with Crippen molar-refractivity contribution in [3.63, 3.8) is 0 Å². The third kappa shape index (κ3) is 5.45. The molecule has 1 aromatic carbocycles. The first-order valence-electron chi connectivity index (χ1n) is 9.38. The monoisotopic (exact) mass is 396 g/mol. The van der Waals surface area contributed by atoms with Gasteiger partial charge in [-0.15, -0.1) is 0 Å². The summed E-state index contributed by atoms with van der Waals surface area (Å²) in [5.74, 6) is -1.05. The number of nitrogens with one attached hydrogen (secondary N) is 2. The lowest BCUT2D eigenvalue weighted by molar-refractivity contribution is -0.146. The average molecular weight is 397 g/mol. The van der Waals surface area contributed by atoms with E-state index in [1.165, 1.54) is 6.07 Å². The number of sulfonamides is 1. The summed E-state index contributed by atoms with van der Waals surface area (Å²) in [6.07, 6.45) is 3.81. The minimum absolute atomic E-state index is 0.00978. The minimum Gasteiger partial charge on any atom is -0.480 e. The fourth-order valence-electron chi connectivity index (χ4n) is 3.48. The summed E-state index contributed by atoms with van der Waals surface area (Å²) in [5.41, 5.74) is -0.749. The second-order valence-corrected chi connectivity index (χ2v) is 9.04. The van der Waals surface area contributed by atoms with Gasteiger partial charge < -0.3 is 10.4 Å². The number of amides is 1. The standard InChI is InChI=1S/C19H28N2O5S/c1-3-12-27(25,26)21-16-7-5-6-15(13-16)17(22)20-19(18(23)24)10-8-14(4-2)9-11-19/h5-7,13-14,21H,3-4,8-12H2,1-2H3,(H,20,22)(H,23,24). The van der Waals surface area contributed by atoms with Crippen LogP contribution in [0.5, 0.6) is 0 Å². The zero-order valence-corrected chi connectivity index (χ0v) is 16.6. The van der Waals surface area contributed by atoms with Crippen LogP contribution in [-0.4, -0.2) is 36.7 Å². The Morgan fingerprint density at radius 2 is 1.89 bits per heavy atom. The van der Waals surface area contributed by atoms with E-state index in [1.54, 1.807) is 25.1 Å². The maximum atomic E-state index is 12.7. The number of hydrogen-bond acceptors (Lipinski definition) is 4. The first-order valence-corrected chi connectivity index (χ1v) is 11.0. The molecular formula is C19H28N2O5S. The summed E-state index contributed by atoms with van der Waals surface area (Å²) in [4.78, 5) is 24.5. The first-order chi connectivity index (χ1) is 12.7. The van der Waals surface area contributed by atoms with Gasteiger partial charge in [0.1, 0.15) is 5.54 Å². The van der Waals surface area contributed by atoms with Crippen LogP contribution in [0.25, 0.3) is 0 Å². The van der Waals surface area contributed by atoms with Crippen molar-refractivity contribution in [2.24, 2.45) is 5.92 Å². The molecule has 3 N–H and O–H groups in total. The number of aliphatic carboxylic acids is 1. The lowest BCUT2D eigenvalue weighted by atomic mass is 9.75. The maximum absolute atomic E-state index is 12.7. The van der Waals surface area contributed by atoms with Gasteiger partial charge in [0.05, 0.1) is 5.75 Å². The van der Waals surface area contributed by atoms with E-state index in [9.17, 15) is 23.1 Å². The molecule has 1 saturated carbocycles. The number of carboxylic acids is 1. The number of benzene rings is 1. The molecule has 0 unspecified atom stereocenters. The molecular weight excluding hydrogens is 368 g/mol. The fourth-order valence-corrected chi connectivity index (χ4v) is 4.61. The molecule has 1 amide bonds. The van der Waals surface area contributed by atoms with Crippen LogP contribution < -0.4 is 10.0 Å². The molecule has 27 heavy (non-hydrogen) atoms. The summed E-state index contributed by atoms with van der Waals surface area (Å²) in [7, 11) is -3.46. The van der Waals surface area contributed by atoms with Gasteiger partial charge in [-0.25, -0.2) is 13.2 Å². The Morgan fingerprint density at radius 3 is 2.44 bits per heavy atom. The molecule has 150 valence electrons. The molecule has 0 aliphatic heterocycles. The predicted octanol–water partition coefficient (Wildman–Crippen LogP) is 2.99. The third-order valence-electron chi connectivity index (χ3n) is 5.17. The Bertz CT molecular complexity index is 783. The molecule has 0 spiro atoms. The Morgan fingerprint density at radius 1 is 1.22 bits per heavy atom. The molecule has 0 bridgehead atoms. The quantitative estimate of drug-likeness (QED) is 0.625. The summed E-state index contributed by atoms with van der Waals surface area (Å²) in [6, 6.07) is 6.10. The molecule has 0 saturated heterocycles. The van der Waals surface area contributed by atoms with Crippen LogP contribution in [0.1, 0.15) is 62.7 Å². The predicted molar refractivity (Wildman–Crippen MR) is 104 cm³/mol. The van der Waals surface area contributed by atoms with Crippen LogP contribution in [0.4, 0.5) is 5.69 Å². The number of carbonyl (C=O) groups excluding carboxylic acids is 1. The van der Waals surface area contributed by atoms with Crippen LogP contribution in [-0.2, 0) is 14.8 Å². The average Bonchev–Trinajstić information content (AvgIpc) is 2.61. The minimum atomic E-state index is -3.46. The van der Waals surface area contributed by atoms with Gasteiger partial charge in [-0.2, -0.15) is 0 Å². The van der Waals surface area contributed by atoms with Crippen molar-refractivity contribution in [2.45, 2.75) is 57.9 Å². The third-order valence-corrected chi connectivity index (χ3v) is 6.66. The Kier molecular flexibility index (Phi) is 6.86. The van der Waals surface area contributed by atoms with Gasteiger partial charge in [0.15, 0.2) is 0 Å². The Labute approximate surface area is 160 Å². The number of carboxylic acid groups (broad SMARTS) is 1. The summed E-state index contributed by atoms with van der Waals surface area (Å²) >= 11 is 0. The van der Waals surface area contributed by atoms with Crippen LogP contribution in [0.2, 0.25) is 0 Å². The van der Waals surface area contributed by atoms with Crippen molar-refractivity contribution in [2.75, 3.05) is 10.5 Å². The van der Waals surface area contributed by atoms with Crippen LogP contribution in [0.3, 0.4) is 0 Å². The molecule has 2 rings (SSSR count). The van der Waals surface area contributed by atoms with E-state index in [0.717, 1.165) is 19.3 Å². The topological polar surface area (TPSA) is 113 Å². The van der Waals surface area contributed by atoms with Crippen LogP contribution in [0, 0.1) is 5.92 Å². The summed E-state index contributed by atoms with van der Waals surface area (Å²) in [6.45, 7) is 3.85. The van der Waals surface area contributed by atoms with E-state index >= 15 is 0 Å². The normalized spacial score (nSPS) is 22.8. The van der Waals surface area contributed by atoms with Gasteiger partial charge in [0.2, 0.25) is 10.0 Å². The van der Waals surface area contributed by atoms with Crippen molar-refractivity contribution in [1.29, 1.82) is 0 Å². The largest absolute Gasteiger partial charge is 0.480 e. The van der Waals surface area contributed by atoms with E-state index in [4.69, 9.17) is 0 Å². The molecule has 0 atom stereocenters. The highest BCUT2D eigenvalue weighted by Gasteiger charge is 2.43. The highest BCUT2D eigenvalue weighted by molar-refractivity contribution is 7.92. The fraction of sp³-hybridized carbons (Fsp3) is 0.579. The SMILES string of the molecule is CCCS(=O)(=O)Nc1cccc(C(=O)NC2(C(=O)O)CCC(CC)CC2)c1. The first kappa shape index (κ1) is 21.2. The smallest absolute Gasteiger partial charge is 0.329 e. The Hall–Kier alpha value is -2.09. The molecule has 1 fully saturated rings. The molecule has 1 aliphatic rings. The van der Waals surface area contributed by atoms with E-state index in [2.05, 4.69) is 17.0 Å². The van der Waals surface area contributed by atoms with Gasteiger partial charge in [-0.1, -0.05) is 26.3 Å². The van der Waals surface area contributed by atoms with Crippen LogP contribution in [0.15, 0.2) is 24.3 Å². The number of rotatable bonds is 8. The number of anilines is 1. The highest BCUT2D eigenvalue weighted by Crippen LogP contribution is 2.34. The molecule has 0 radical (unpaired) electrons. The van der Waals surface area contributed by atoms with E-state index in [-0.39, 0.29) is 17.0 Å². The van der Waals surface area contributed by atoms with E-state index < -0.39 is 27.4 Å². The van der Waals surface area contributed by atoms with E-state index in [0.29, 0.717) is 25.2 Å². The molecule has 1 aliphatic carbocycles. The van der Waals surface area contributed by atoms with Gasteiger partial charge in [-0.05, 0) is 56.2 Å². The Balaban J connectivity index is 2.15. The molecule has 0 heterocycles. The lowest BCUT2D eigenvalue weighted by Gasteiger charge is -2.37. The zero-order chi connectivity index (χ0) is 20.1. The zero-order valence-electron chi connectivity index (χ0n) is 15.8. The number of carbonyl (C=O) groups is 2. The van der Waals surface area contributed by atoms with Crippen molar-refractivity contribution in [1.82, 2.24) is 5.32 Å². The summed E-state index contributed by atoms with van der Waals surface area (Å²) < 4.78 is 26.3. The highest BCUT2D eigenvalue weighted by atomic mass is 32.2. The summed E-state index contributed by atoms with van der Waals surface area (Å²) in [5, 5.41) is 12.4. The second-order valence-electron chi connectivity index (χ2n) is 7.19. The van der Waals surface area contributed by atoms with Gasteiger partial charge in [0.25, 0.3) is 5.91 Å². The maximum Gasteiger partial charge on any atom is 0.329 e. The second kappa shape index (κ2) is 8.73. The van der Waals surface area contributed by atoms with Gasteiger partial charge in [-0.3, -0.25) is 9.52 Å². The lowest BCUT2D eigenvalue weighted by Crippen LogP contribution is -2.56. The van der Waals surface area contributed by atoms with Gasteiger partial charge in [0, 0.05) is 11.3 Å². The van der Waals surface area contributed by atoms with E-state index in [1.807, 2.05) is 0 Å². The molecule has 0 aromatic heterocycles. The number of hydrogen-bond donors (Lipinski definition) is 3. The van der Waals surface area contributed by atoms with Crippen molar-refractivity contribution < 1.29 is 23.1 Å². The van der Waals surface area contributed by atoms with Crippen LogP contribution >= 0.6 is 0 Å². The molecule has 1 aromatic rings. The molecule has 8 heteroatoms. The van der Waals surface area contributed by atoms with Gasteiger partial charge >= 0.3 is 5.97 Å². The van der Waals surface area contributed by atoms with Crippen molar-refractivity contribution in [3.8, 4) is 0 Å². The van der Waals surface area contributed by atoms with Crippen molar-refractivity contribution in [3.05, 3.63) is 29.8 Å². The molecule has 7 nitrogen and oxygen atoms in total.